The second-order valence-electron chi connectivity index (χ2n) is 12.5. The highest BCUT2D eigenvalue weighted by Crippen LogP contribution is 2.36. The molecule has 3 heteroatoms. The highest BCUT2D eigenvalue weighted by Gasteiger charge is 2.11. The molecule has 6 aromatic rings. The van der Waals surface area contributed by atoms with Gasteiger partial charge in [0.25, 0.3) is 0 Å². The Labute approximate surface area is 263 Å². The van der Waals surface area contributed by atoms with Crippen molar-refractivity contribution in [3.63, 3.8) is 0 Å². The lowest BCUT2D eigenvalue weighted by atomic mass is 9.92. The number of rotatable bonds is 17. The van der Waals surface area contributed by atoms with Crippen molar-refractivity contribution in [2.45, 2.75) is 90.8 Å². The average Bonchev–Trinajstić information content (AvgIpc) is 3.07. The number of benzene rings is 4. The fourth-order valence-corrected chi connectivity index (χ4v) is 6.60. The molecule has 44 heavy (non-hydrogen) atoms. The molecular formula is C41H48N2O+2. The van der Waals surface area contributed by atoms with Gasteiger partial charge in [-0.15, -0.1) is 0 Å². The fraction of sp³-hybridized carbons (Fsp3) is 0.366. The van der Waals surface area contributed by atoms with Crippen LogP contribution in [0.1, 0.15) is 76.7 Å². The molecule has 2 heterocycles. The minimum Gasteiger partial charge on any atom is -0.377 e. The van der Waals surface area contributed by atoms with Crippen LogP contribution < -0.4 is 9.13 Å². The van der Waals surface area contributed by atoms with Crippen molar-refractivity contribution in [1.29, 1.82) is 0 Å². The smallest absolute Gasteiger partial charge is 0.169 e. The van der Waals surface area contributed by atoms with Gasteiger partial charge in [0, 0.05) is 43.7 Å². The Balaban J connectivity index is 0.829. The number of hydrogen-bond acceptors (Lipinski definition) is 1. The Bertz CT molecular complexity index is 1720. The van der Waals surface area contributed by atoms with E-state index in [1.54, 1.807) is 0 Å². The Hall–Kier alpha value is -3.82. The molecular weight excluding hydrogens is 536 g/mol. The molecule has 6 rings (SSSR count). The Morgan fingerprint density at radius 3 is 1.66 bits per heavy atom. The normalized spacial score (nSPS) is 11.8. The van der Waals surface area contributed by atoms with Crippen molar-refractivity contribution in [3.8, 4) is 11.1 Å². The van der Waals surface area contributed by atoms with Crippen LogP contribution in [-0.2, 0) is 24.4 Å². The first-order valence-corrected chi connectivity index (χ1v) is 17.0. The summed E-state index contributed by atoms with van der Waals surface area (Å²) in [6.07, 6.45) is 21.7. The van der Waals surface area contributed by atoms with Gasteiger partial charge in [-0.1, -0.05) is 100 Å². The molecule has 0 unspecified atom stereocenters. The lowest BCUT2D eigenvalue weighted by Crippen LogP contribution is -2.32. The van der Waals surface area contributed by atoms with Crippen molar-refractivity contribution in [2.24, 2.45) is 0 Å². The summed E-state index contributed by atoms with van der Waals surface area (Å²) in [4.78, 5) is 0. The van der Waals surface area contributed by atoms with E-state index >= 15 is 0 Å². The highest BCUT2D eigenvalue weighted by atomic mass is 16.5. The standard InChI is InChI=1S/C41H48N2O/c1-2-3-25-42-27-21-33(22-28-42)34-23-29-43(30-24-34)26-10-8-6-4-5-7-9-11-31-44-32-38-18-17-37-16-15-35-13-12-14-36-19-20-39(38)41(37)40(35)36/h12-24,27-30H,2-11,25-26,31-32H2,1H3/q+2. The van der Waals surface area contributed by atoms with Gasteiger partial charge in [0.15, 0.2) is 24.8 Å². The van der Waals surface area contributed by atoms with Crippen LogP contribution in [0.2, 0.25) is 0 Å². The zero-order valence-electron chi connectivity index (χ0n) is 26.5. The number of ether oxygens (including phenoxy) is 1. The predicted molar refractivity (Wildman–Crippen MR) is 184 cm³/mol. The molecule has 0 atom stereocenters. The molecule has 0 saturated heterocycles. The first-order chi connectivity index (χ1) is 21.8. The minimum atomic E-state index is 0.695. The number of unbranched alkanes of at least 4 members (excludes halogenated alkanes) is 8. The Morgan fingerprint density at radius 1 is 0.500 bits per heavy atom. The molecule has 0 saturated carbocycles. The van der Waals surface area contributed by atoms with Crippen LogP contribution in [0.3, 0.4) is 0 Å². The lowest BCUT2D eigenvalue weighted by Gasteiger charge is -2.14. The number of aromatic nitrogens is 2. The van der Waals surface area contributed by atoms with E-state index in [0.29, 0.717) is 6.61 Å². The summed E-state index contributed by atoms with van der Waals surface area (Å²) in [7, 11) is 0. The summed E-state index contributed by atoms with van der Waals surface area (Å²) < 4.78 is 10.8. The predicted octanol–water partition coefficient (Wildman–Crippen LogP) is 9.96. The van der Waals surface area contributed by atoms with Gasteiger partial charge >= 0.3 is 0 Å². The van der Waals surface area contributed by atoms with E-state index in [0.717, 1.165) is 26.1 Å². The third-order valence-corrected chi connectivity index (χ3v) is 9.22. The van der Waals surface area contributed by atoms with Crippen LogP contribution in [0.5, 0.6) is 0 Å². The zero-order chi connectivity index (χ0) is 30.0. The van der Waals surface area contributed by atoms with E-state index in [-0.39, 0.29) is 0 Å². The molecule has 0 spiro atoms. The molecule has 0 fully saturated rings. The summed E-state index contributed by atoms with van der Waals surface area (Å²) >= 11 is 0. The van der Waals surface area contributed by atoms with Crippen molar-refractivity contribution >= 4 is 32.3 Å². The molecule has 0 aliphatic carbocycles. The number of hydrogen-bond donors (Lipinski definition) is 0. The monoisotopic (exact) mass is 584 g/mol. The van der Waals surface area contributed by atoms with Crippen molar-refractivity contribution < 1.29 is 13.9 Å². The number of pyridine rings is 2. The summed E-state index contributed by atoms with van der Waals surface area (Å²) in [5.74, 6) is 0. The van der Waals surface area contributed by atoms with E-state index in [1.165, 1.54) is 107 Å². The van der Waals surface area contributed by atoms with E-state index in [9.17, 15) is 0 Å². The molecule has 2 aromatic heterocycles. The van der Waals surface area contributed by atoms with Crippen LogP contribution in [0, 0.1) is 0 Å². The SMILES string of the molecule is CCCC[n+]1ccc(-c2cc[n+](CCCCCCCCCCOCc3ccc4ccc5cccc6ccc3c4c56)cc2)cc1. The molecule has 226 valence electrons. The van der Waals surface area contributed by atoms with Crippen molar-refractivity contribution in [2.75, 3.05) is 6.61 Å². The summed E-state index contributed by atoms with van der Waals surface area (Å²) in [5, 5.41) is 8.07. The van der Waals surface area contributed by atoms with E-state index in [1.807, 2.05) is 0 Å². The maximum Gasteiger partial charge on any atom is 0.169 e. The van der Waals surface area contributed by atoms with Crippen LogP contribution in [0.25, 0.3) is 43.4 Å². The van der Waals surface area contributed by atoms with Crippen LogP contribution in [-0.4, -0.2) is 6.61 Å². The molecule has 0 N–H and O–H groups in total. The van der Waals surface area contributed by atoms with Gasteiger partial charge in [-0.05, 0) is 61.8 Å². The average molecular weight is 585 g/mol. The first-order valence-electron chi connectivity index (χ1n) is 17.0. The second kappa shape index (κ2) is 15.3. The largest absolute Gasteiger partial charge is 0.377 e. The minimum absolute atomic E-state index is 0.695. The lowest BCUT2D eigenvalue weighted by molar-refractivity contribution is -0.697. The van der Waals surface area contributed by atoms with E-state index < -0.39 is 0 Å². The van der Waals surface area contributed by atoms with E-state index in [2.05, 4.69) is 120 Å². The van der Waals surface area contributed by atoms with Gasteiger partial charge in [-0.3, -0.25) is 0 Å². The highest BCUT2D eigenvalue weighted by molar-refractivity contribution is 6.23. The van der Waals surface area contributed by atoms with Gasteiger partial charge < -0.3 is 4.74 Å². The molecule has 0 aliphatic rings. The first kappa shape index (κ1) is 30.2. The summed E-state index contributed by atoms with van der Waals surface area (Å²) in [6.45, 7) is 5.99. The third kappa shape index (κ3) is 7.45. The van der Waals surface area contributed by atoms with Crippen molar-refractivity contribution in [3.05, 3.63) is 109 Å². The van der Waals surface area contributed by atoms with Gasteiger partial charge in [-0.25, -0.2) is 9.13 Å². The van der Waals surface area contributed by atoms with E-state index in [4.69, 9.17) is 4.74 Å². The fourth-order valence-electron chi connectivity index (χ4n) is 6.60. The van der Waals surface area contributed by atoms with Crippen molar-refractivity contribution in [1.82, 2.24) is 0 Å². The van der Waals surface area contributed by atoms with Gasteiger partial charge in [0.2, 0.25) is 0 Å². The van der Waals surface area contributed by atoms with Gasteiger partial charge in [-0.2, -0.15) is 0 Å². The van der Waals surface area contributed by atoms with Gasteiger partial charge in [0.05, 0.1) is 6.61 Å². The molecule has 0 amide bonds. The second-order valence-corrected chi connectivity index (χ2v) is 12.5. The molecule has 4 aromatic carbocycles. The molecule has 0 radical (unpaired) electrons. The number of nitrogens with zero attached hydrogens (tertiary/aromatic N) is 2. The maximum absolute atomic E-state index is 6.16. The molecule has 0 bridgehead atoms. The topological polar surface area (TPSA) is 17.0 Å². The summed E-state index contributed by atoms with van der Waals surface area (Å²) in [6, 6.07) is 29.1. The Kier molecular flexibility index (Phi) is 10.5. The maximum atomic E-state index is 6.16. The Morgan fingerprint density at radius 2 is 1.02 bits per heavy atom. The third-order valence-electron chi connectivity index (χ3n) is 9.22. The molecule has 3 nitrogen and oxygen atoms in total. The zero-order valence-corrected chi connectivity index (χ0v) is 26.5. The number of aryl methyl sites for hydroxylation is 2. The molecule has 0 aliphatic heterocycles. The van der Waals surface area contributed by atoms with Crippen LogP contribution in [0.15, 0.2) is 104 Å². The van der Waals surface area contributed by atoms with Gasteiger partial charge in [0.1, 0.15) is 13.1 Å². The van der Waals surface area contributed by atoms with Crippen LogP contribution in [0.4, 0.5) is 0 Å². The quantitative estimate of drug-likeness (QED) is 0.0592. The summed E-state index contributed by atoms with van der Waals surface area (Å²) in [5.41, 5.74) is 3.89. The van der Waals surface area contributed by atoms with Crippen LogP contribution >= 0.6 is 0 Å².